The van der Waals surface area contributed by atoms with Crippen molar-refractivity contribution in [3.05, 3.63) is 89.1 Å². The van der Waals surface area contributed by atoms with Gasteiger partial charge in [0.2, 0.25) is 0 Å². The Hall–Kier alpha value is -4.06. The average Bonchev–Trinajstić information content (AvgIpc) is 3.03. The summed E-state index contributed by atoms with van der Waals surface area (Å²) in [6.07, 6.45) is 0. The molecule has 1 aliphatic heterocycles. The average molecular weight is 443 g/mol. The molecule has 4 rings (SSSR count). The molecule has 33 heavy (non-hydrogen) atoms. The number of para-hydroxylation sites is 3. The summed E-state index contributed by atoms with van der Waals surface area (Å²) in [6.45, 7) is 6.24. The van der Waals surface area contributed by atoms with Crippen LogP contribution in [0.3, 0.4) is 0 Å². The lowest BCUT2D eigenvalue weighted by Crippen LogP contribution is -2.32. The number of nitrogens with one attached hydrogen (secondary N) is 1. The van der Waals surface area contributed by atoms with Crippen molar-refractivity contribution in [2.45, 2.75) is 20.8 Å². The molecule has 0 spiro atoms. The third kappa shape index (κ3) is 4.20. The van der Waals surface area contributed by atoms with E-state index in [-0.39, 0.29) is 11.3 Å². The van der Waals surface area contributed by atoms with E-state index in [1.165, 1.54) is 4.90 Å². The Morgan fingerprint density at radius 2 is 1.48 bits per heavy atom. The SMILES string of the molecule is CCOc1ccccc1NC1=C(c2ccccc2OC)C(=O)N(c2cc(C)cc(C)c2)C1=O. The fraction of sp³-hybridized carbons (Fsp3) is 0.185. The van der Waals surface area contributed by atoms with Crippen LogP contribution in [-0.4, -0.2) is 25.5 Å². The summed E-state index contributed by atoms with van der Waals surface area (Å²) in [5.74, 6) is 0.258. The Kier molecular flexibility index (Phi) is 6.18. The van der Waals surface area contributed by atoms with Gasteiger partial charge in [-0.15, -0.1) is 0 Å². The lowest BCUT2D eigenvalue weighted by Gasteiger charge is -2.17. The predicted octanol–water partition coefficient (Wildman–Crippen LogP) is 5.11. The van der Waals surface area contributed by atoms with Crippen molar-refractivity contribution in [1.82, 2.24) is 0 Å². The van der Waals surface area contributed by atoms with Gasteiger partial charge < -0.3 is 14.8 Å². The molecule has 6 heteroatoms. The zero-order chi connectivity index (χ0) is 23.5. The largest absolute Gasteiger partial charge is 0.496 e. The number of rotatable bonds is 7. The van der Waals surface area contributed by atoms with Gasteiger partial charge in [-0.2, -0.15) is 0 Å². The van der Waals surface area contributed by atoms with Gasteiger partial charge in [-0.1, -0.05) is 36.4 Å². The van der Waals surface area contributed by atoms with Crippen LogP contribution in [0, 0.1) is 13.8 Å². The summed E-state index contributed by atoms with van der Waals surface area (Å²) in [5.41, 5.74) is 4.04. The van der Waals surface area contributed by atoms with E-state index in [2.05, 4.69) is 5.32 Å². The van der Waals surface area contributed by atoms with Gasteiger partial charge in [0.1, 0.15) is 17.2 Å². The number of anilines is 2. The predicted molar refractivity (Wildman–Crippen MR) is 130 cm³/mol. The van der Waals surface area contributed by atoms with Crippen LogP contribution in [0.5, 0.6) is 11.5 Å². The summed E-state index contributed by atoms with van der Waals surface area (Å²) in [4.78, 5) is 28.7. The van der Waals surface area contributed by atoms with Crippen molar-refractivity contribution in [3.8, 4) is 11.5 Å². The Morgan fingerprint density at radius 1 is 0.848 bits per heavy atom. The molecule has 1 aliphatic rings. The molecule has 6 nitrogen and oxygen atoms in total. The number of amides is 2. The second kappa shape index (κ2) is 9.20. The number of benzene rings is 3. The van der Waals surface area contributed by atoms with Crippen LogP contribution in [0.1, 0.15) is 23.6 Å². The van der Waals surface area contributed by atoms with Gasteiger partial charge in [-0.3, -0.25) is 9.59 Å². The van der Waals surface area contributed by atoms with E-state index in [9.17, 15) is 9.59 Å². The van der Waals surface area contributed by atoms with Crippen molar-refractivity contribution in [2.24, 2.45) is 0 Å². The van der Waals surface area contributed by atoms with Crippen molar-refractivity contribution in [3.63, 3.8) is 0 Å². The molecule has 2 amide bonds. The molecule has 3 aromatic rings. The maximum Gasteiger partial charge on any atom is 0.282 e. The van der Waals surface area contributed by atoms with Gasteiger partial charge in [0.25, 0.3) is 11.8 Å². The summed E-state index contributed by atoms with van der Waals surface area (Å²) in [6, 6.07) is 20.2. The summed E-state index contributed by atoms with van der Waals surface area (Å²) < 4.78 is 11.2. The van der Waals surface area contributed by atoms with Crippen LogP contribution in [0.25, 0.3) is 5.57 Å². The Balaban J connectivity index is 1.88. The minimum absolute atomic E-state index is 0.177. The minimum atomic E-state index is -0.433. The lowest BCUT2D eigenvalue weighted by atomic mass is 10.0. The lowest BCUT2D eigenvalue weighted by molar-refractivity contribution is -0.120. The molecule has 0 fully saturated rings. The molecule has 3 aromatic carbocycles. The molecule has 1 N–H and O–H groups in total. The molecule has 1 heterocycles. The number of carbonyl (C=O) groups excluding carboxylic acids is 2. The quantitative estimate of drug-likeness (QED) is 0.515. The number of aryl methyl sites for hydroxylation is 2. The molecule has 168 valence electrons. The van der Waals surface area contributed by atoms with Crippen LogP contribution >= 0.6 is 0 Å². The first-order valence-electron chi connectivity index (χ1n) is 10.8. The highest BCUT2D eigenvalue weighted by molar-refractivity contribution is 6.46. The minimum Gasteiger partial charge on any atom is -0.496 e. The van der Waals surface area contributed by atoms with Gasteiger partial charge >= 0.3 is 0 Å². The first-order valence-corrected chi connectivity index (χ1v) is 10.8. The molecule has 0 bridgehead atoms. The normalized spacial score (nSPS) is 13.5. The number of carbonyl (C=O) groups is 2. The highest BCUT2D eigenvalue weighted by atomic mass is 16.5. The summed E-state index contributed by atoms with van der Waals surface area (Å²) in [7, 11) is 1.54. The van der Waals surface area contributed by atoms with Gasteiger partial charge in [0.05, 0.1) is 30.7 Å². The molecule has 0 atom stereocenters. The fourth-order valence-electron chi connectivity index (χ4n) is 4.05. The van der Waals surface area contributed by atoms with Crippen LogP contribution in [0.2, 0.25) is 0 Å². The molecule has 0 aliphatic carbocycles. The van der Waals surface area contributed by atoms with Crippen molar-refractivity contribution in [1.29, 1.82) is 0 Å². The Morgan fingerprint density at radius 3 is 2.15 bits per heavy atom. The number of nitrogens with zero attached hydrogens (tertiary/aromatic N) is 1. The van der Waals surface area contributed by atoms with Crippen molar-refractivity contribution < 1.29 is 19.1 Å². The second-order valence-electron chi connectivity index (χ2n) is 7.80. The standard InChI is InChI=1S/C27H26N2O4/c1-5-33-23-13-9-7-11-21(23)28-25-24(20-10-6-8-12-22(20)32-4)26(30)29(27(25)31)19-15-17(2)14-18(3)16-19/h6-16,28H,5H2,1-4H3. The van der Waals surface area contributed by atoms with E-state index < -0.39 is 11.8 Å². The zero-order valence-corrected chi connectivity index (χ0v) is 19.1. The molecule has 0 aromatic heterocycles. The van der Waals surface area contributed by atoms with Gasteiger partial charge in [0, 0.05) is 5.56 Å². The zero-order valence-electron chi connectivity index (χ0n) is 19.1. The molecular formula is C27H26N2O4. The first kappa shape index (κ1) is 22.1. The molecule has 0 radical (unpaired) electrons. The van der Waals surface area contributed by atoms with E-state index >= 15 is 0 Å². The van der Waals surface area contributed by atoms with Crippen molar-refractivity contribution >= 4 is 28.8 Å². The van der Waals surface area contributed by atoms with Crippen LogP contribution in [0.4, 0.5) is 11.4 Å². The van der Waals surface area contributed by atoms with E-state index in [1.807, 2.05) is 75.4 Å². The van der Waals surface area contributed by atoms with E-state index in [0.29, 0.717) is 35.0 Å². The maximum atomic E-state index is 13.7. The van der Waals surface area contributed by atoms with Gasteiger partial charge in [-0.05, 0) is 62.2 Å². The van der Waals surface area contributed by atoms with Crippen LogP contribution < -0.4 is 19.7 Å². The van der Waals surface area contributed by atoms with E-state index in [1.54, 1.807) is 19.2 Å². The monoisotopic (exact) mass is 442 g/mol. The number of ether oxygens (including phenoxy) is 2. The second-order valence-corrected chi connectivity index (χ2v) is 7.80. The highest BCUT2D eigenvalue weighted by Crippen LogP contribution is 2.38. The van der Waals surface area contributed by atoms with Gasteiger partial charge in [-0.25, -0.2) is 4.90 Å². The van der Waals surface area contributed by atoms with Gasteiger partial charge in [0.15, 0.2) is 0 Å². The first-order chi connectivity index (χ1) is 15.9. The Labute approximate surface area is 193 Å². The molecular weight excluding hydrogens is 416 g/mol. The summed E-state index contributed by atoms with van der Waals surface area (Å²) in [5, 5.41) is 3.19. The third-order valence-corrected chi connectivity index (χ3v) is 5.37. The van der Waals surface area contributed by atoms with Crippen molar-refractivity contribution in [2.75, 3.05) is 23.9 Å². The number of imide groups is 1. The molecule has 0 unspecified atom stereocenters. The highest BCUT2D eigenvalue weighted by Gasteiger charge is 2.41. The molecule has 0 saturated heterocycles. The van der Waals surface area contributed by atoms with Crippen LogP contribution in [-0.2, 0) is 9.59 Å². The Bertz CT molecular complexity index is 1240. The van der Waals surface area contributed by atoms with Crippen LogP contribution in [0.15, 0.2) is 72.4 Å². The van der Waals surface area contributed by atoms with E-state index in [0.717, 1.165) is 11.1 Å². The number of methoxy groups -OCH3 is 1. The number of hydrogen-bond acceptors (Lipinski definition) is 5. The smallest absolute Gasteiger partial charge is 0.282 e. The van der Waals surface area contributed by atoms with E-state index in [4.69, 9.17) is 9.47 Å². The maximum absolute atomic E-state index is 13.7. The topological polar surface area (TPSA) is 67.9 Å². The molecule has 0 saturated carbocycles. The fourth-order valence-corrected chi connectivity index (χ4v) is 4.05. The summed E-state index contributed by atoms with van der Waals surface area (Å²) >= 11 is 0. The number of hydrogen-bond donors (Lipinski definition) is 1. The third-order valence-electron chi connectivity index (χ3n) is 5.37.